The monoisotopic (exact) mass is 236 g/mol. The Morgan fingerprint density at radius 3 is 2.56 bits per heavy atom. The van der Waals surface area contributed by atoms with E-state index in [4.69, 9.17) is 0 Å². The van der Waals surface area contributed by atoms with E-state index in [1.54, 1.807) is 11.8 Å². The molecule has 0 spiro atoms. The van der Waals surface area contributed by atoms with Gasteiger partial charge < -0.3 is 5.11 Å². The predicted molar refractivity (Wildman–Crippen MR) is 66.1 cm³/mol. The number of aliphatic carboxylic acids is 1. The van der Waals surface area contributed by atoms with Crippen LogP contribution >= 0.6 is 11.8 Å². The van der Waals surface area contributed by atoms with Gasteiger partial charge in [0.2, 0.25) is 0 Å². The molecule has 1 saturated carbocycles. The number of carbonyl (C=O) groups is 1. The van der Waals surface area contributed by atoms with Crippen LogP contribution in [0.15, 0.2) is 23.1 Å². The molecule has 16 heavy (non-hydrogen) atoms. The average molecular weight is 236 g/mol. The number of hydrogen-bond donors (Lipinski definition) is 1. The molecule has 86 valence electrons. The number of aryl methyl sites for hydroxylation is 1. The lowest BCUT2D eigenvalue weighted by Crippen LogP contribution is -2.42. The van der Waals surface area contributed by atoms with Crippen LogP contribution in [0, 0.1) is 6.92 Å². The minimum atomic E-state index is -0.672. The molecule has 1 aliphatic rings. The molecule has 0 bridgehead atoms. The van der Waals surface area contributed by atoms with E-state index in [0.717, 1.165) is 24.8 Å². The lowest BCUT2D eigenvalue weighted by Gasteiger charge is -2.38. The smallest absolute Gasteiger partial charge is 0.314 e. The Morgan fingerprint density at radius 2 is 2.12 bits per heavy atom. The summed E-state index contributed by atoms with van der Waals surface area (Å²) in [7, 11) is 0. The highest BCUT2D eigenvalue weighted by atomic mass is 32.2. The zero-order chi connectivity index (χ0) is 11.8. The zero-order valence-electron chi connectivity index (χ0n) is 9.62. The van der Waals surface area contributed by atoms with Crippen LogP contribution in [0.25, 0.3) is 0 Å². The van der Waals surface area contributed by atoms with E-state index >= 15 is 0 Å². The molecule has 2 rings (SSSR count). The van der Waals surface area contributed by atoms with Crippen molar-refractivity contribution in [1.29, 1.82) is 0 Å². The molecule has 0 amide bonds. The van der Waals surface area contributed by atoms with Crippen molar-refractivity contribution in [3.8, 4) is 0 Å². The van der Waals surface area contributed by atoms with Crippen molar-refractivity contribution in [3.05, 3.63) is 29.3 Å². The summed E-state index contributed by atoms with van der Waals surface area (Å²) in [4.78, 5) is 12.6. The van der Waals surface area contributed by atoms with Gasteiger partial charge in [0.25, 0.3) is 0 Å². The first-order valence-electron chi connectivity index (χ1n) is 5.49. The normalized spacial score (nSPS) is 17.9. The van der Waals surface area contributed by atoms with Crippen LogP contribution < -0.4 is 0 Å². The zero-order valence-corrected chi connectivity index (χ0v) is 10.4. The van der Waals surface area contributed by atoms with E-state index < -0.39 is 11.4 Å². The van der Waals surface area contributed by atoms with Crippen LogP contribution in [0.4, 0.5) is 0 Å². The van der Waals surface area contributed by atoms with Crippen LogP contribution in [0.5, 0.6) is 0 Å². The first kappa shape index (κ1) is 11.5. The summed E-state index contributed by atoms with van der Waals surface area (Å²) in [5, 5.41) is 9.36. The quantitative estimate of drug-likeness (QED) is 0.819. The maximum absolute atomic E-state index is 11.4. The molecule has 0 radical (unpaired) electrons. The Hall–Kier alpha value is -0.960. The van der Waals surface area contributed by atoms with Crippen molar-refractivity contribution in [1.82, 2.24) is 0 Å². The molecular weight excluding hydrogens is 220 g/mol. The lowest BCUT2D eigenvalue weighted by atomic mass is 9.64. The minimum Gasteiger partial charge on any atom is -0.481 e. The predicted octanol–water partition coefficient (Wildman–Crippen LogP) is 3.22. The third kappa shape index (κ3) is 1.63. The van der Waals surface area contributed by atoms with E-state index in [1.165, 1.54) is 10.5 Å². The molecule has 0 aromatic heterocycles. The first-order chi connectivity index (χ1) is 7.60. The van der Waals surface area contributed by atoms with Crippen LogP contribution in [-0.2, 0) is 10.2 Å². The van der Waals surface area contributed by atoms with Gasteiger partial charge in [-0.05, 0) is 43.2 Å². The summed E-state index contributed by atoms with van der Waals surface area (Å²) < 4.78 is 0. The topological polar surface area (TPSA) is 37.3 Å². The first-order valence-corrected chi connectivity index (χ1v) is 6.71. The van der Waals surface area contributed by atoms with Crippen molar-refractivity contribution in [2.75, 3.05) is 6.26 Å². The van der Waals surface area contributed by atoms with E-state index in [-0.39, 0.29) is 0 Å². The molecular formula is C13H16O2S. The minimum absolute atomic E-state index is 0.599. The van der Waals surface area contributed by atoms with E-state index in [0.29, 0.717) is 0 Å². The SMILES string of the molecule is CSc1cc(C2(C(=O)O)CCC2)ccc1C. The summed E-state index contributed by atoms with van der Waals surface area (Å²) in [6.45, 7) is 2.06. The number of benzene rings is 1. The summed E-state index contributed by atoms with van der Waals surface area (Å²) >= 11 is 1.68. The molecule has 1 aliphatic carbocycles. The Morgan fingerprint density at radius 1 is 1.44 bits per heavy atom. The van der Waals surface area contributed by atoms with E-state index in [1.807, 2.05) is 24.5 Å². The van der Waals surface area contributed by atoms with Crippen molar-refractivity contribution in [3.63, 3.8) is 0 Å². The lowest BCUT2D eigenvalue weighted by molar-refractivity contribution is -0.147. The largest absolute Gasteiger partial charge is 0.481 e. The fourth-order valence-corrected chi connectivity index (χ4v) is 2.91. The molecule has 0 aliphatic heterocycles. The molecule has 0 saturated heterocycles. The third-order valence-corrected chi connectivity index (χ3v) is 4.46. The van der Waals surface area contributed by atoms with Crippen LogP contribution in [0.3, 0.4) is 0 Å². The number of rotatable bonds is 3. The Bertz CT molecular complexity index is 422. The van der Waals surface area contributed by atoms with Gasteiger partial charge >= 0.3 is 5.97 Å². The van der Waals surface area contributed by atoms with Crippen LogP contribution in [-0.4, -0.2) is 17.3 Å². The van der Waals surface area contributed by atoms with Gasteiger partial charge in [-0.25, -0.2) is 0 Å². The van der Waals surface area contributed by atoms with Crippen molar-refractivity contribution in [2.24, 2.45) is 0 Å². The van der Waals surface area contributed by atoms with Gasteiger partial charge in [0.05, 0.1) is 5.41 Å². The van der Waals surface area contributed by atoms with E-state index in [9.17, 15) is 9.90 Å². The highest BCUT2D eigenvalue weighted by molar-refractivity contribution is 7.98. The molecule has 0 heterocycles. The fourth-order valence-electron chi connectivity index (χ4n) is 2.27. The molecule has 3 heteroatoms. The Labute approximate surface area is 100 Å². The molecule has 0 atom stereocenters. The summed E-state index contributed by atoms with van der Waals surface area (Å²) in [5.41, 5.74) is 1.59. The standard InChI is InChI=1S/C13H16O2S/c1-9-4-5-10(8-11(9)16-2)13(12(14)15)6-3-7-13/h4-5,8H,3,6-7H2,1-2H3,(H,14,15). The maximum Gasteiger partial charge on any atom is 0.314 e. The fraction of sp³-hybridized carbons (Fsp3) is 0.462. The van der Waals surface area contributed by atoms with Gasteiger partial charge in [-0.2, -0.15) is 0 Å². The van der Waals surface area contributed by atoms with Gasteiger partial charge in [0, 0.05) is 4.90 Å². The molecule has 1 fully saturated rings. The molecule has 2 nitrogen and oxygen atoms in total. The molecule has 1 aromatic carbocycles. The van der Waals surface area contributed by atoms with Crippen LogP contribution in [0.2, 0.25) is 0 Å². The third-order valence-electron chi connectivity index (χ3n) is 3.58. The number of carboxylic acid groups (broad SMARTS) is 1. The second-order valence-corrected chi connectivity index (χ2v) is 5.27. The number of hydrogen-bond acceptors (Lipinski definition) is 2. The Kier molecular flexibility index (Phi) is 2.98. The average Bonchev–Trinajstić information content (AvgIpc) is 2.18. The molecule has 1 aromatic rings. The number of thioether (sulfide) groups is 1. The van der Waals surface area contributed by atoms with Crippen molar-refractivity contribution < 1.29 is 9.90 Å². The van der Waals surface area contributed by atoms with Crippen molar-refractivity contribution in [2.45, 2.75) is 36.5 Å². The second kappa shape index (κ2) is 4.13. The number of carboxylic acids is 1. The summed E-state index contributed by atoms with van der Waals surface area (Å²) in [5.74, 6) is -0.672. The van der Waals surface area contributed by atoms with Gasteiger partial charge in [0.15, 0.2) is 0 Å². The second-order valence-electron chi connectivity index (χ2n) is 4.43. The summed E-state index contributed by atoms with van der Waals surface area (Å²) in [6, 6.07) is 6.06. The highest BCUT2D eigenvalue weighted by Crippen LogP contribution is 2.44. The molecule has 1 N–H and O–H groups in total. The highest BCUT2D eigenvalue weighted by Gasteiger charge is 2.45. The van der Waals surface area contributed by atoms with Gasteiger partial charge in [-0.1, -0.05) is 18.6 Å². The summed E-state index contributed by atoms with van der Waals surface area (Å²) in [6.07, 6.45) is 4.60. The van der Waals surface area contributed by atoms with E-state index in [2.05, 4.69) is 6.92 Å². The van der Waals surface area contributed by atoms with Gasteiger partial charge in [-0.15, -0.1) is 11.8 Å². The maximum atomic E-state index is 11.4. The molecule has 0 unspecified atom stereocenters. The Balaban J connectivity index is 2.43. The van der Waals surface area contributed by atoms with Crippen LogP contribution in [0.1, 0.15) is 30.4 Å². The van der Waals surface area contributed by atoms with Gasteiger partial charge in [-0.3, -0.25) is 4.79 Å². The van der Waals surface area contributed by atoms with Crippen molar-refractivity contribution >= 4 is 17.7 Å². The van der Waals surface area contributed by atoms with Gasteiger partial charge in [0.1, 0.15) is 0 Å².